The number of aromatic nitrogens is 3. The van der Waals surface area contributed by atoms with Crippen LogP contribution in [0.3, 0.4) is 0 Å². The zero-order valence-corrected chi connectivity index (χ0v) is 13.2. The number of anilines is 1. The Balaban J connectivity index is 1.54. The summed E-state index contributed by atoms with van der Waals surface area (Å²) in [4.78, 5) is 18.5. The van der Waals surface area contributed by atoms with Crippen LogP contribution in [0.5, 0.6) is 0 Å². The maximum atomic E-state index is 12.9. The van der Waals surface area contributed by atoms with Gasteiger partial charge < -0.3 is 10.2 Å². The van der Waals surface area contributed by atoms with Crippen LogP contribution in [0.4, 0.5) is 14.9 Å². The number of benzene rings is 1. The molecule has 2 aromatic heterocycles. The maximum Gasteiger partial charge on any atom is 0.322 e. The summed E-state index contributed by atoms with van der Waals surface area (Å²) in [5.41, 5.74) is 4.41. The predicted molar refractivity (Wildman–Crippen MR) is 87.3 cm³/mol. The van der Waals surface area contributed by atoms with Crippen molar-refractivity contribution in [2.24, 2.45) is 0 Å². The van der Waals surface area contributed by atoms with Gasteiger partial charge in [0.1, 0.15) is 5.82 Å². The van der Waals surface area contributed by atoms with Crippen molar-refractivity contribution in [1.82, 2.24) is 19.5 Å². The maximum absolute atomic E-state index is 12.9. The van der Waals surface area contributed by atoms with E-state index < -0.39 is 0 Å². The van der Waals surface area contributed by atoms with Gasteiger partial charge in [-0.25, -0.2) is 18.7 Å². The van der Waals surface area contributed by atoms with E-state index in [0.29, 0.717) is 25.2 Å². The molecule has 3 aromatic rings. The molecule has 7 heteroatoms. The minimum atomic E-state index is -0.329. The second-order valence-corrected chi connectivity index (χ2v) is 5.89. The average Bonchev–Trinajstić information content (AvgIpc) is 2.97. The number of urea groups is 1. The molecule has 6 nitrogen and oxygen atoms in total. The Labute approximate surface area is 137 Å². The van der Waals surface area contributed by atoms with Crippen molar-refractivity contribution in [3.05, 3.63) is 59.3 Å². The van der Waals surface area contributed by atoms with Crippen LogP contribution in [0.2, 0.25) is 0 Å². The van der Waals surface area contributed by atoms with Crippen LogP contribution in [-0.4, -0.2) is 32.1 Å². The van der Waals surface area contributed by atoms with Crippen molar-refractivity contribution >= 4 is 17.4 Å². The largest absolute Gasteiger partial charge is 0.322 e. The second-order valence-electron chi connectivity index (χ2n) is 5.89. The highest BCUT2D eigenvalue weighted by Gasteiger charge is 2.23. The van der Waals surface area contributed by atoms with E-state index in [9.17, 15) is 9.18 Å². The topological polar surface area (TPSA) is 62.5 Å². The molecule has 2 amide bonds. The summed E-state index contributed by atoms with van der Waals surface area (Å²) < 4.78 is 14.8. The number of nitrogens with zero attached hydrogens (tertiary/aromatic N) is 4. The van der Waals surface area contributed by atoms with Crippen molar-refractivity contribution in [3.8, 4) is 0 Å². The minimum Gasteiger partial charge on any atom is -0.320 e. The first-order valence-electron chi connectivity index (χ1n) is 7.75. The molecule has 1 aliphatic rings. The minimum absolute atomic E-state index is 0.205. The summed E-state index contributed by atoms with van der Waals surface area (Å²) in [6.07, 6.45) is 2.52. The van der Waals surface area contributed by atoms with Crippen molar-refractivity contribution in [3.63, 3.8) is 0 Å². The van der Waals surface area contributed by atoms with Gasteiger partial charge in [0.2, 0.25) is 0 Å². The third kappa shape index (κ3) is 2.58. The van der Waals surface area contributed by atoms with Crippen LogP contribution in [-0.2, 0) is 13.0 Å². The second kappa shape index (κ2) is 5.59. The van der Waals surface area contributed by atoms with Crippen LogP contribution < -0.4 is 5.32 Å². The Morgan fingerprint density at radius 1 is 1.29 bits per heavy atom. The molecule has 24 heavy (non-hydrogen) atoms. The first-order valence-corrected chi connectivity index (χ1v) is 7.75. The summed E-state index contributed by atoms with van der Waals surface area (Å²) in [6, 6.07) is 7.47. The fourth-order valence-electron chi connectivity index (χ4n) is 2.96. The normalized spacial score (nSPS) is 13.8. The molecule has 1 aromatic carbocycles. The summed E-state index contributed by atoms with van der Waals surface area (Å²) in [5, 5.41) is 7.26. The van der Waals surface area contributed by atoms with Crippen LogP contribution in [0.1, 0.15) is 17.0 Å². The lowest BCUT2D eigenvalue weighted by Crippen LogP contribution is -2.39. The fraction of sp³-hybridized carbons (Fsp3) is 0.235. The quantitative estimate of drug-likeness (QED) is 0.748. The first-order chi connectivity index (χ1) is 11.6. The van der Waals surface area contributed by atoms with Gasteiger partial charge >= 0.3 is 6.03 Å². The molecule has 0 unspecified atom stereocenters. The average molecular weight is 325 g/mol. The van der Waals surface area contributed by atoms with Crippen molar-refractivity contribution < 1.29 is 9.18 Å². The van der Waals surface area contributed by atoms with E-state index >= 15 is 0 Å². The molecule has 0 atom stereocenters. The van der Waals surface area contributed by atoms with Gasteiger partial charge in [0.25, 0.3) is 0 Å². The van der Waals surface area contributed by atoms with Gasteiger partial charge in [-0.15, -0.1) is 0 Å². The zero-order valence-electron chi connectivity index (χ0n) is 13.2. The van der Waals surface area contributed by atoms with Crippen LogP contribution in [0.25, 0.3) is 5.65 Å². The van der Waals surface area contributed by atoms with E-state index in [1.807, 2.05) is 23.7 Å². The molecule has 3 heterocycles. The highest BCUT2D eigenvalue weighted by atomic mass is 19.1. The molecular weight excluding hydrogens is 309 g/mol. The SMILES string of the molecule is Cc1cc2ncc3c(n2n1)CCN(C(=O)Nc1ccc(F)cc1)C3. The van der Waals surface area contributed by atoms with Gasteiger partial charge in [0.15, 0.2) is 5.65 Å². The molecule has 122 valence electrons. The predicted octanol–water partition coefficient (Wildman–Crippen LogP) is 2.77. The molecule has 0 saturated carbocycles. The molecule has 1 N–H and O–H groups in total. The van der Waals surface area contributed by atoms with Crippen LogP contribution >= 0.6 is 0 Å². The smallest absolute Gasteiger partial charge is 0.320 e. The molecule has 0 fully saturated rings. The van der Waals surface area contributed by atoms with Crippen molar-refractivity contribution in [2.75, 3.05) is 11.9 Å². The lowest BCUT2D eigenvalue weighted by Gasteiger charge is -2.28. The molecule has 0 saturated heterocycles. The number of hydrogen-bond acceptors (Lipinski definition) is 3. The number of nitrogens with one attached hydrogen (secondary N) is 1. The molecule has 0 aliphatic carbocycles. The monoisotopic (exact) mass is 325 g/mol. The fourth-order valence-corrected chi connectivity index (χ4v) is 2.96. The van der Waals surface area contributed by atoms with E-state index in [1.165, 1.54) is 12.1 Å². The Hall–Kier alpha value is -2.96. The van der Waals surface area contributed by atoms with E-state index in [-0.39, 0.29) is 11.8 Å². The van der Waals surface area contributed by atoms with Crippen molar-refractivity contribution in [1.29, 1.82) is 0 Å². The Bertz CT molecular complexity index is 919. The zero-order chi connectivity index (χ0) is 16.7. The molecule has 0 bridgehead atoms. The van der Waals surface area contributed by atoms with Gasteiger partial charge in [-0.05, 0) is 31.2 Å². The van der Waals surface area contributed by atoms with Crippen LogP contribution in [0.15, 0.2) is 36.5 Å². The van der Waals surface area contributed by atoms with Gasteiger partial charge in [0, 0.05) is 36.5 Å². The highest BCUT2D eigenvalue weighted by Crippen LogP contribution is 2.20. The standard InChI is InChI=1S/C17H16FN5O/c1-11-8-16-19-9-12-10-22(7-6-15(12)23(16)21-11)17(24)20-14-4-2-13(18)3-5-14/h2-5,8-9H,6-7,10H2,1H3,(H,20,24). The first kappa shape index (κ1) is 14.6. The van der Waals surface area contributed by atoms with Crippen LogP contribution in [0, 0.1) is 12.7 Å². The number of amides is 2. The summed E-state index contributed by atoms with van der Waals surface area (Å²) >= 11 is 0. The van der Waals surface area contributed by atoms with Crippen molar-refractivity contribution in [2.45, 2.75) is 19.9 Å². The lowest BCUT2D eigenvalue weighted by atomic mass is 10.1. The molecule has 4 rings (SSSR count). The van der Waals surface area contributed by atoms with Gasteiger partial charge in [0.05, 0.1) is 17.9 Å². The number of hydrogen-bond donors (Lipinski definition) is 1. The lowest BCUT2D eigenvalue weighted by molar-refractivity contribution is 0.205. The van der Waals surface area contributed by atoms with E-state index in [2.05, 4.69) is 15.4 Å². The molecule has 1 aliphatic heterocycles. The number of halogens is 1. The molecular formula is C17H16FN5O. The highest BCUT2D eigenvalue weighted by molar-refractivity contribution is 5.89. The number of fused-ring (bicyclic) bond motifs is 3. The van der Waals surface area contributed by atoms with Gasteiger partial charge in [-0.1, -0.05) is 0 Å². The number of aryl methyl sites for hydroxylation is 1. The van der Waals surface area contributed by atoms with E-state index in [4.69, 9.17) is 0 Å². The molecule has 0 radical (unpaired) electrons. The Morgan fingerprint density at radius 3 is 2.88 bits per heavy atom. The molecule has 0 spiro atoms. The Morgan fingerprint density at radius 2 is 2.08 bits per heavy atom. The third-order valence-corrected chi connectivity index (χ3v) is 4.15. The summed E-state index contributed by atoms with van der Waals surface area (Å²) in [7, 11) is 0. The third-order valence-electron chi connectivity index (χ3n) is 4.15. The summed E-state index contributed by atoms with van der Waals surface area (Å²) in [6.45, 7) is 3.01. The number of carbonyl (C=O) groups excluding carboxylic acids is 1. The number of rotatable bonds is 1. The van der Waals surface area contributed by atoms with Gasteiger partial charge in [-0.3, -0.25) is 0 Å². The number of carbonyl (C=O) groups is 1. The Kier molecular flexibility index (Phi) is 3.41. The van der Waals surface area contributed by atoms with E-state index in [0.717, 1.165) is 22.6 Å². The summed E-state index contributed by atoms with van der Waals surface area (Å²) in [5.74, 6) is -0.329. The van der Waals surface area contributed by atoms with Gasteiger partial charge in [-0.2, -0.15) is 5.10 Å². The van der Waals surface area contributed by atoms with E-state index in [1.54, 1.807) is 17.0 Å².